The van der Waals surface area contributed by atoms with E-state index < -0.39 is 19.8 Å². The Morgan fingerprint density at radius 1 is 0.800 bits per heavy atom. The van der Waals surface area contributed by atoms with Gasteiger partial charge in [0.2, 0.25) is 0 Å². The monoisotopic (exact) mass is 388 g/mol. The van der Waals surface area contributed by atoms with E-state index in [-0.39, 0.29) is 0 Å². The summed E-state index contributed by atoms with van der Waals surface area (Å²) in [5, 5.41) is 0. The van der Waals surface area contributed by atoms with Crippen LogP contribution in [0.1, 0.15) is 91.9 Å². The molecule has 1 rings (SSSR count). The predicted molar refractivity (Wildman–Crippen MR) is 96.8 cm³/mol. The van der Waals surface area contributed by atoms with Gasteiger partial charge in [-0.05, 0) is 18.8 Å². The Labute approximate surface area is 137 Å². The summed E-state index contributed by atoms with van der Waals surface area (Å²) in [5.41, 5.74) is 0. The van der Waals surface area contributed by atoms with E-state index in [4.69, 9.17) is 0 Å². The first-order chi connectivity index (χ1) is 9.74. The Balaban J connectivity index is 0.000000428. The second-order valence-corrected chi connectivity index (χ2v) is 15.2. The van der Waals surface area contributed by atoms with E-state index in [0.29, 0.717) is 0 Å². The molecule has 1 heteroatoms. The molecule has 0 unspecified atom stereocenters. The predicted octanol–water partition coefficient (Wildman–Crippen LogP) is 7.28. The normalized spacial score (nSPS) is 15.7. The summed E-state index contributed by atoms with van der Waals surface area (Å²) in [7, 11) is 0. The summed E-state index contributed by atoms with van der Waals surface area (Å²) in [5.74, 6) is 1.00. The van der Waals surface area contributed by atoms with Crippen LogP contribution in [-0.4, -0.2) is 19.8 Å². The van der Waals surface area contributed by atoms with Gasteiger partial charge >= 0.3 is 92.4 Å². The van der Waals surface area contributed by atoms with E-state index in [2.05, 4.69) is 34.1 Å². The SMILES string of the molecule is CC1CC[CH+]CC1.CCC[CH2][Sn]([CH2]CCC)[CH2]CCC. The Morgan fingerprint density at radius 3 is 1.45 bits per heavy atom. The second-order valence-electron chi connectivity index (χ2n) is 6.61. The van der Waals surface area contributed by atoms with E-state index in [0.717, 1.165) is 5.92 Å². The molecule has 0 saturated heterocycles. The quantitative estimate of drug-likeness (QED) is 0.288. The molecule has 1 fully saturated rings. The van der Waals surface area contributed by atoms with Gasteiger partial charge in [-0.15, -0.1) is 0 Å². The Hall–Kier alpha value is 0.669. The van der Waals surface area contributed by atoms with Gasteiger partial charge in [-0.2, -0.15) is 0 Å². The first-order valence-corrected chi connectivity index (χ1v) is 15.4. The molecule has 0 spiro atoms. The average Bonchev–Trinajstić information content (AvgIpc) is 2.48. The fourth-order valence-corrected chi connectivity index (χ4v) is 12.2. The van der Waals surface area contributed by atoms with Crippen molar-refractivity contribution >= 4 is 19.8 Å². The van der Waals surface area contributed by atoms with Crippen LogP contribution in [0.15, 0.2) is 0 Å². The van der Waals surface area contributed by atoms with Gasteiger partial charge in [0.15, 0.2) is 0 Å². The van der Waals surface area contributed by atoms with Crippen LogP contribution in [0.4, 0.5) is 0 Å². The molecule has 0 aromatic heterocycles. The zero-order valence-corrected chi connectivity index (χ0v) is 17.7. The van der Waals surface area contributed by atoms with Gasteiger partial charge in [0.25, 0.3) is 0 Å². The van der Waals surface area contributed by atoms with Crippen molar-refractivity contribution in [2.24, 2.45) is 5.92 Å². The van der Waals surface area contributed by atoms with Crippen LogP contribution in [-0.2, 0) is 0 Å². The maximum atomic E-state index is 2.40. The molecule has 1 saturated carbocycles. The van der Waals surface area contributed by atoms with Gasteiger partial charge in [0.05, 0.1) is 19.3 Å². The molecule has 0 atom stereocenters. The molecule has 0 nitrogen and oxygen atoms in total. The maximum absolute atomic E-state index is 2.40. The Bertz CT molecular complexity index is 154. The number of unbranched alkanes of at least 4 members (excludes halogenated alkanes) is 3. The van der Waals surface area contributed by atoms with Crippen LogP contribution >= 0.6 is 0 Å². The van der Waals surface area contributed by atoms with Crippen molar-refractivity contribution in [3.8, 4) is 0 Å². The van der Waals surface area contributed by atoms with Crippen molar-refractivity contribution in [3.63, 3.8) is 0 Å². The third-order valence-electron chi connectivity index (χ3n) is 4.38. The summed E-state index contributed by atoms with van der Waals surface area (Å²) in [4.78, 5) is 0. The van der Waals surface area contributed by atoms with Gasteiger partial charge in [0.1, 0.15) is 0 Å². The fourth-order valence-electron chi connectivity index (χ4n) is 2.75. The summed E-state index contributed by atoms with van der Waals surface area (Å²) >= 11 is -0.839. The van der Waals surface area contributed by atoms with E-state index in [1.165, 1.54) is 64.2 Å². The van der Waals surface area contributed by atoms with Crippen molar-refractivity contribution < 1.29 is 0 Å². The minimum atomic E-state index is -0.839. The Kier molecular flexibility index (Phi) is 16.6. The van der Waals surface area contributed by atoms with Crippen LogP contribution in [0.2, 0.25) is 13.3 Å². The van der Waals surface area contributed by atoms with E-state index in [1.807, 2.05) is 0 Å². The third-order valence-corrected chi connectivity index (χ3v) is 13.5. The molecular formula is C19H40Sn+. The van der Waals surface area contributed by atoms with Crippen molar-refractivity contribution in [2.75, 3.05) is 0 Å². The van der Waals surface area contributed by atoms with E-state index >= 15 is 0 Å². The first-order valence-electron chi connectivity index (χ1n) is 9.39. The fraction of sp³-hybridized carbons (Fsp3) is 0.947. The van der Waals surface area contributed by atoms with Crippen molar-refractivity contribution in [1.82, 2.24) is 0 Å². The zero-order chi connectivity index (χ0) is 15.1. The number of hydrogen-bond acceptors (Lipinski definition) is 0. The van der Waals surface area contributed by atoms with Crippen LogP contribution in [0.5, 0.6) is 0 Å². The molecule has 0 N–H and O–H groups in total. The molecule has 0 amide bonds. The summed E-state index contributed by atoms with van der Waals surface area (Å²) < 4.78 is 5.04. The first kappa shape index (κ1) is 20.7. The average molecular weight is 387 g/mol. The molecule has 0 bridgehead atoms. The zero-order valence-electron chi connectivity index (χ0n) is 14.8. The van der Waals surface area contributed by atoms with Crippen LogP contribution in [0, 0.1) is 12.3 Å². The molecule has 1 radical (unpaired) electrons. The standard InChI is InChI=1S/C7H13.3C4H9.Sn/c1-7-5-3-2-4-6-7;3*1-3-4-2;/h2,7H,3-6H2,1H3;3*1,3-4H2,2H3;/q+1;;;;. The molecule has 0 heterocycles. The van der Waals surface area contributed by atoms with Crippen molar-refractivity contribution in [1.29, 1.82) is 0 Å². The van der Waals surface area contributed by atoms with Crippen molar-refractivity contribution in [2.45, 2.75) is 105 Å². The van der Waals surface area contributed by atoms with Crippen molar-refractivity contribution in [3.05, 3.63) is 6.42 Å². The van der Waals surface area contributed by atoms with Gasteiger partial charge < -0.3 is 0 Å². The second kappa shape index (κ2) is 16.0. The molecule has 20 heavy (non-hydrogen) atoms. The van der Waals surface area contributed by atoms with Crippen LogP contribution in [0.25, 0.3) is 0 Å². The van der Waals surface area contributed by atoms with Gasteiger partial charge in [-0.1, -0.05) is 6.92 Å². The van der Waals surface area contributed by atoms with Gasteiger partial charge in [-0.25, -0.2) is 0 Å². The topological polar surface area (TPSA) is 0 Å². The summed E-state index contributed by atoms with van der Waals surface area (Å²) in [6.07, 6.45) is 16.8. The molecule has 1 aliphatic carbocycles. The van der Waals surface area contributed by atoms with E-state index in [1.54, 1.807) is 13.3 Å². The third kappa shape index (κ3) is 13.6. The molecule has 1 aliphatic rings. The number of rotatable bonds is 9. The number of hydrogen-bond donors (Lipinski definition) is 0. The molecule has 0 aliphatic heterocycles. The van der Waals surface area contributed by atoms with Gasteiger partial charge in [-0.3, -0.25) is 0 Å². The molecule has 0 aromatic carbocycles. The minimum absolute atomic E-state index is 0.839. The molecular weight excluding hydrogens is 347 g/mol. The van der Waals surface area contributed by atoms with Gasteiger partial charge in [0, 0.05) is 0 Å². The van der Waals surface area contributed by atoms with Crippen LogP contribution in [0.3, 0.4) is 0 Å². The molecule has 0 aromatic rings. The Morgan fingerprint density at radius 2 is 1.20 bits per heavy atom. The molecule has 119 valence electrons. The summed E-state index contributed by atoms with van der Waals surface area (Å²) in [6.45, 7) is 9.34. The van der Waals surface area contributed by atoms with E-state index in [9.17, 15) is 0 Å². The van der Waals surface area contributed by atoms with Crippen LogP contribution < -0.4 is 0 Å². The summed E-state index contributed by atoms with van der Waals surface area (Å²) in [6, 6.07) is 0.